The molecule has 4 nitrogen and oxygen atoms in total. The third-order valence-electron chi connectivity index (χ3n) is 3.19. The SMILES string of the molecule is COc1cc(Cl)c(C)cc1NC(=O)C(C)NC1CC1. The largest absolute Gasteiger partial charge is 0.495 e. The van der Waals surface area contributed by atoms with E-state index in [2.05, 4.69) is 10.6 Å². The first-order valence-corrected chi connectivity index (χ1v) is 6.80. The zero-order valence-electron chi connectivity index (χ0n) is 11.4. The fourth-order valence-electron chi connectivity index (χ4n) is 1.85. The number of ether oxygens (including phenoxy) is 1. The van der Waals surface area contributed by atoms with Crippen molar-refractivity contribution in [2.45, 2.75) is 38.8 Å². The molecule has 0 heterocycles. The molecule has 0 saturated heterocycles. The Kier molecular flexibility index (Phi) is 4.32. The summed E-state index contributed by atoms with van der Waals surface area (Å²) >= 11 is 6.04. The Hall–Kier alpha value is -1.26. The Balaban J connectivity index is 2.08. The van der Waals surface area contributed by atoms with Crippen LogP contribution in [0.25, 0.3) is 0 Å². The van der Waals surface area contributed by atoms with Crippen LogP contribution in [0.15, 0.2) is 12.1 Å². The third-order valence-corrected chi connectivity index (χ3v) is 3.60. The number of aryl methyl sites for hydroxylation is 1. The molecule has 1 aromatic carbocycles. The molecule has 0 aromatic heterocycles. The van der Waals surface area contributed by atoms with Gasteiger partial charge in [-0.2, -0.15) is 0 Å². The number of benzene rings is 1. The minimum atomic E-state index is -0.215. The first kappa shape index (κ1) is 14.2. The summed E-state index contributed by atoms with van der Waals surface area (Å²) in [5.41, 5.74) is 1.56. The van der Waals surface area contributed by atoms with Gasteiger partial charge in [0.25, 0.3) is 0 Å². The smallest absolute Gasteiger partial charge is 0.241 e. The lowest BCUT2D eigenvalue weighted by molar-refractivity contribution is -0.117. The molecule has 19 heavy (non-hydrogen) atoms. The van der Waals surface area contributed by atoms with E-state index in [9.17, 15) is 4.79 Å². The molecule has 104 valence electrons. The standard InChI is InChI=1S/C14H19ClN2O2/c1-8-6-12(13(19-3)7-11(8)15)17-14(18)9(2)16-10-4-5-10/h6-7,9-10,16H,4-5H2,1-3H3,(H,17,18). The number of carbonyl (C=O) groups is 1. The molecule has 0 bridgehead atoms. The van der Waals surface area contributed by atoms with Crippen LogP contribution in [0.2, 0.25) is 5.02 Å². The molecule has 0 aliphatic heterocycles. The number of rotatable bonds is 5. The van der Waals surface area contributed by atoms with Crippen molar-refractivity contribution in [2.24, 2.45) is 0 Å². The van der Waals surface area contributed by atoms with Crippen molar-refractivity contribution in [3.63, 3.8) is 0 Å². The van der Waals surface area contributed by atoms with E-state index < -0.39 is 0 Å². The number of nitrogens with one attached hydrogen (secondary N) is 2. The molecule has 1 atom stereocenters. The molecule has 1 saturated carbocycles. The lowest BCUT2D eigenvalue weighted by Gasteiger charge is -2.16. The maximum atomic E-state index is 12.1. The molecule has 0 radical (unpaired) electrons. The van der Waals surface area contributed by atoms with Gasteiger partial charge in [-0.15, -0.1) is 0 Å². The number of hydrogen-bond acceptors (Lipinski definition) is 3. The highest BCUT2D eigenvalue weighted by Crippen LogP contribution is 2.31. The van der Waals surface area contributed by atoms with E-state index in [-0.39, 0.29) is 11.9 Å². The van der Waals surface area contributed by atoms with Crippen LogP contribution in [0.4, 0.5) is 5.69 Å². The van der Waals surface area contributed by atoms with Gasteiger partial charge in [0.1, 0.15) is 5.75 Å². The number of amides is 1. The predicted octanol–water partition coefficient (Wildman–Crippen LogP) is 2.74. The zero-order chi connectivity index (χ0) is 14.0. The summed E-state index contributed by atoms with van der Waals surface area (Å²) in [5.74, 6) is 0.509. The summed E-state index contributed by atoms with van der Waals surface area (Å²) in [4.78, 5) is 12.1. The van der Waals surface area contributed by atoms with E-state index in [1.54, 1.807) is 13.2 Å². The van der Waals surface area contributed by atoms with Crippen LogP contribution in [0.1, 0.15) is 25.3 Å². The van der Waals surface area contributed by atoms with E-state index in [0.717, 1.165) is 18.4 Å². The Morgan fingerprint density at radius 3 is 2.74 bits per heavy atom. The fraction of sp³-hybridized carbons (Fsp3) is 0.500. The van der Waals surface area contributed by atoms with Crippen molar-refractivity contribution in [1.82, 2.24) is 5.32 Å². The average Bonchev–Trinajstić information content (AvgIpc) is 3.17. The number of carbonyl (C=O) groups excluding carboxylic acids is 1. The Morgan fingerprint density at radius 1 is 1.47 bits per heavy atom. The van der Waals surface area contributed by atoms with Gasteiger partial charge in [0, 0.05) is 17.1 Å². The highest BCUT2D eigenvalue weighted by Gasteiger charge is 2.26. The van der Waals surface area contributed by atoms with Crippen LogP contribution in [0.3, 0.4) is 0 Å². The van der Waals surface area contributed by atoms with Gasteiger partial charge in [-0.3, -0.25) is 4.79 Å². The quantitative estimate of drug-likeness (QED) is 0.873. The molecule has 1 aliphatic rings. The molecule has 1 aliphatic carbocycles. The summed E-state index contributed by atoms with van der Waals surface area (Å²) in [7, 11) is 1.56. The molecule has 5 heteroatoms. The lowest BCUT2D eigenvalue weighted by Crippen LogP contribution is -2.39. The van der Waals surface area contributed by atoms with Gasteiger partial charge in [0.2, 0.25) is 5.91 Å². The molecule has 1 amide bonds. The lowest BCUT2D eigenvalue weighted by atomic mass is 10.2. The molecular formula is C14H19ClN2O2. The second-order valence-corrected chi connectivity index (χ2v) is 5.36. The Bertz CT molecular complexity index is 487. The normalized spacial score (nSPS) is 16.0. The van der Waals surface area contributed by atoms with E-state index in [0.29, 0.717) is 22.5 Å². The molecule has 2 rings (SSSR count). The van der Waals surface area contributed by atoms with Gasteiger partial charge in [0.05, 0.1) is 18.8 Å². The molecular weight excluding hydrogens is 264 g/mol. The van der Waals surface area contributed by atoms with Crippen LogP contribution < -0.4 is 15.4 Å². The van der Waals surface area contributed by atoms with E-state index in [1.165, 1.54) is 0 Å². The number of anilines is 1. The highest BCUT2D eigenvalue weighted by molar-refractivity contribution is 6.31. The molecule has 1 fully saturated rings. The van der Waals surface area contributed by atoms with Crippen molar-refractivity contribution < 1.29 is 9.53 Å². The molecule has 0 spiro atoms. The van der Waals surface area contributed by atoms with Gasteiger partial charge >= 0.3 is 0 Å². The van der Waals surface area contributed by atoms with Crippen LogP contribution in [0, 0.1) is 6.92 Å². The van der Waals surface area contributed by atoms with Gasteiger partial charge < -0.3 is 15.4 Å². The number of halogens is 1. The fourth-order valence-corrected chi connectivity index (χ4v) is 2.00. The van der Waals surface area contributed by atoms with Crippen molar-refractivity contribution in [2.75, 3.05) is 12.4 Å². The number of hydrogen-bond donors (Lipinski definition) is 2. The van der Waals surface area contributed by atoms with Crippen molar-refractivity contribution in [3.05, 3.63) is 22.7 Å². The molecule has 1 unspecified atom stereocenters. The van der Waals surface area contributed by atoms with E-state index >= 15 is 0 Å². The van der Waals surface area contributed by atoms with Crippen molar-refractivity contribution in [3.8, 4) is 5.75 Å². The number of methoxy groups -OCH3 is 1. The predicted molar refractivity (Wildman–Crippen MR) is 77.0 cm³/mol. The maximum Gasteiger partial charge on any atom is 0.241 e. The summed E-state index contributed by atoms with van der Waals surface area (Å²) < 4.78 is 5.24. The zero-order valence-corrected chi connectivity index (χ0v) is 12.2. The van der Waals surface area contributed by atoms with Gasteiger partial charge in [-0.25, -0.2) is 0 Å². The van der Waals surface area contributed by atoms with Crippen LogP contribution >= 0.6 is 11.6 Å². The van der Waals surface area contributed by atoms with Crippen molar-refractivity contribution >= 4 is 23.2 Å². The minimum absolute atomic E-state index is 0.0630. The second-order valence-electron chi connectivity index (χ2n) is 4.95. The molecule has 1 aromatic rings. The third kappa shape index (κ3) is 3.61. The van der Waals surface area contributed by atoms with Crippen LogP contribution in [-0.4, -0.2) is 25.1 Å². The van der Waals surface area contributed by atoms with E-state index in [1.807, 2.05) is 19.9 Å². The average molecular weight is 283 g/mol. The summed E-state index contributed by atoms with van der Waals surface area (Å²) in [6.45, 7) is 3.76. The highest BCUT2D eigenvalue weighted by atomic mass is 35.5. The van der Waals surface area contributed by atoms with Crippen molar-refractivity contribution in [1.29, 1.82) is 0 Å². The molecule has 2 N–H and O–H groups in total. The topological polar surface area (TPSA) is 50.4 Å². The van der Waals surface area contributed by atoms with Gasteiger partial charge in [0.15, 0.2) is 0 Å². The summed E-state index contributed by atoms with van der Waals surface area (Å²) in [5, 5.41) is 6.76. The first-order chi connectivity index (χ1) is 9.01. The van der Waals surface area contributed by atoms with Gasteiger partial charge in [-0.05, 0) is 38.3 Å². The Morgan fingerprint density at radius 2 is 2.16 bits per heavy atom. The summed E-state index contributed by atoms with van der Waals surface area (Å²) in [6.07, 6.45) is 2.31. The second kappa shape index (κ2) is 5.80. The first-order valence-electron chi connectivity index (χ1n) is 6.42. The minimum Gasteiger partial charge on any atom is -0.495 e. The summed E-state index contributed by atoms with van der Waals surface area (Å²) in [6, 6.07) is 3.82. The van der Waals surface area contributed by atoms with Crippen LogP contribution in [-0.2, 0) is 4.79 Å². The van der Waals surface area contributed by atoms with E-state index in [4.69, 9.17) is 16.3 Å². The van der Waals surface area contributed by atoms with Gasteiger partial charge in [-0.1, -0.05) is 11.6 Å². The monoisotopic (exact) mass is 282 g/mol. The maximum absolute atomic E-state index is 12.1. The Labute approximate surface area is 118 Å². The van der Waals surface area contributed by atoms with Crippen LogP contribution in [0.5, 0.6) is 5.75 Å².